The third kappa shape index (κ3) is 2.65. The Labute approximate surface area is 111 Å². The molecule has 4 nitrogen and oxygen atoms in total. The smallest absolute Gasteiger partial charge is 0.232 e. The zero-order valence-corrected chi connectivity index (χ0v) is 12.2. The lowest BCUT2D eigenvalue weighted by molar-refractivity contribution is 0.477. The minimum Gasteiger partial charge on any atom is -0.611 e. The van der Waals surface area contributed by atoms with E-state index in [1.807, 2.05) is 19.9 Å². The highest BCUT2D eigenvalue weighted by Crippen LogP contribution is 2.42. The standard InChI is InChI=1S/C10H16N2O2S3/c1-3-12-8-4-6(2)16(13)10-7(8)5-9(15-10)17(11)14/h5-6,8,12H,3-4,11H2,1-2H3. The van der Waals surface area contributed by atoms with E-state index in [9.17, 15) is 9.11 Å². The molecule has 1 aliphatic rings. The highest BCUT2D eigenvalue weighted by molar-refractivity contribution is 7.95. The average molecular weight is 292 g/mol. The second-order valence-electron chi connectivity index (χ2n) is 4.06. The maximum absolute atomic E-state index is 12.2. The van der Waals surface area contributed by atoms with Gasteiger partial charge in [0.15, 0.2) is 0 Å². The Balaban J connectivity index is 2.37. The first-order valence-corrected chi connectivity index (χ1v) is 8.72. The molecule has 0 bridgehead atoms. The Morgan fingerprint density at radius 3 is 3.00 bits per heavy atom. The predicted molar refractivity (Wildman–Crippen MR) is 71.8 cm³/mol. The molecule has 0 aliphatic carbocycles. The van der Waals surface area contributed by atoms with Crippen LogP contribution in [-0.4, -0.2) is 20.9 Å². The summed E-state index contributed by atoms with van der Waals surface area (Å²) < 4.78 is 24.9. The maximum atomic E-state index is 12.2. The molecule has 4 atom stereocenters. The summed E-state index contributed by atoms with van der Waals surface area (Å²) in [5.41, 5.74) is 1.02. The second-order valence-corrected chi connectivity index (χ2v) is 8.47. The zero-order valence-electron chi connectivity index (χ0n) is 9.76. The Bertz CT molecular complexity index is 397. The third-order valence-corrected chi connectivity index (χ3v) is 7.11. The van der Waals surface area contributed by atoms with Crippen LogP contribution in [0.25, 0.3) is 0 Å². The van der Waals surface area contributed by atoms with Crippen molar-refractivity contribution < 1.29 is 9.11 Å². The molecule has 2 heterocycles. The van der Waals surface area contributed by atoms with Gasteiger partial charge in [-0.25, -0.2) is 0 Å². The molecule has 0 amide bonds. The van der Waals surface area contributed by atoms with Crippen LogP contribution in [0.1, 0.15) is 31.9 Å². The van der Waals surface area contributed by atoms with Crippen molar-refractivity contribution in [1.82, 2.24) is 5.32 Å². The summed E-state index contributed by atoms with van der Waals surface area (Å²) >= 11 is -1.15. The van der Waals surface area contributed by atoms with E-state index in [-0.39, 0.29) is 11.3 Å². The summed E-state index contributed by atoms with van der Waals surface area (Å²) in [4.78, 5) is 0. The monoisotopic (exact) mass is 292 g/mol. The summed E-state index contributed by atoms with van der Waals surface area (Å²) in [6.45, 7) is 4.90. The minimum absolute atomic E-state index is 0.129. The predicted octanol–water partition coefficient (Wildman–Crippen LogP) is 1.28. The van der Waals surface area contributed by atoms with Crippen molar-refractivity contribution in [2.45, 2.75) is 40.0 Å². The first kappa shape index (κ1) is 13.7. The first-order chi connectivity index (χ1) is 8.04. The van der Waals surface area contributed by atoms with Gasteiger partial charge in [-0.1, -0.05) is 6.92 Å². The highest BCUT2D eigenvalue weighted by Gasteiger charge is 2.38. The molecule has 17 heavy (non-hydrogen) atoms. The van der Waals surface area contributed by atoms with Crippen LogP contribution in [0.4, 0.5) is 0 Å². The summed E-state index contributed by atoms with van der Waals surface area (Å²) in [7, 11) is 0. The zero-order chi connectivity index (χ0) is 12.6. The Morgan fingerprint density at radius 1 is 1.71 bits per heavy atom. The molecule has 1 aromatic rings. The second kappa shape index (κ2) is 5.48. The van der Waals surface area contributed by atoms with Gasteiger partial charge in [-0.3, -0.25) is 0 Å². The SMILES string of the molecule is CCNC1CC(C)[S+]([O-])c2sc([S+](N)[O-])cc21. The number of fused-ring (bicyclic) bond motifs is 1. The van der Waals surface area contributed by atoms with Crippen LogP contribution in [0, 0.1) is 0 Å². The first-order valence-electron chi connectivity index (χ1n) is 5.48. The quantitative estimate of drug-likeness (QED) is 0.822. The highest BCUT2D eigenvalue weighted by atomic mass is 32.3. The van der Waals surface area contributed by atoms with Gasteiger partial charge in [0.1, 0.15) is 5.25 Å². The largest absolute Gasteiger partial charge is 0.611 e. The van der Waals surface area contributed by atoms with Gasteiger partial charge in [-0.2, -0.15) is 0 Å². The van der Waals surface area contributed by atoms with E-state index < -0.39 is 22.5 Å². The fourth-order valence-electron chi connectivity index (χ4n) is 2.03. The number of hydrogen-bond donors (Lipinski definition) is 2. The fraction of sp³-hybridized carbons (Fsp3) is 0.600. The summed E-state index contributed by atoms with van der Waals surface area (Å²) in [5, 5.41) is 8.89. The van der Waals surface area contributed by atoms with Crippen LogP contribution >= 0.6 is 11.3 Å². The fourth-order valence-corrected chi connectivity index (χ4v) is 5.96. The summed E-state index contributed by atoms with van der Waals surface area (Å²) in [6.07, 6.45) is 0.848. The van der Waals surface area contributed by atoms with Crippen LogP contribution < -0.4 is 10.5 Å². The van der Waals surface area contributed by atoms with Crippen molar-refractivity contribution in [3.8, 4) is 0 Å². The van der Waals surface area contributed by atoms with Gasteiger partial charge in [0.2, 0.25) is 8.42 Å². The number of rotatable bonds is 3. The molecule has 0 spiro atoms. The summed E-state index contributed by atoms with van der Waals surface area (Å²) in [5.74, 6) is 0. The van der Waals surface area contributed by atoms with E-state index in [2.05, 4.69) is 5.32 Å². The van der Waals surface area contributed by atoms with Gasteiger partial charge in [-0.15, -0.1) is 5.14 Å². The molecule has 4 unspecified atom stereocenters. The normalized spacial score (nSPS) is 30.1. The number of nitrogens with one attached hydrogen (secondary N) is 1. The lowest BCUT2D eigenvalue weighted by Crippen LogP contribution is -2.33. The topological polar surface area (TPSA) is 84.2 Å². The molecule has 1 aromatic heterocycles. The molecule has 0 radical (unpaired) electrons. The molecule has 2 rings (SSSR count). The minimum atomic E-state index is -1.48. The summed E-state index contributed by atoms with van der Waals surface area (Å²) in [6, 6.07) is 2.05. The Morgan fingerprint density at radius 2 is 2.41 bits per heavy atom. The van der Waals surface area contributed by atoms with Crippen molar-refractivity contribution in [3.63, 3.8) is 0 Å². The molecule has 3 N–H and O–H groups in total. The molecule has 0 fully saturated rings. The van der Waals surface area contributed by atoms with Crippen LogP contribution in [-0.2, 0) is 22.5 Å². The van der Waals surface area contributed by atoms with Crippen molar-refractivity contribution in [1.29, 1.82) is 0 Å². The maximum Gasteiger partial charge on any atom is 0.232 e. The molecule has 7 heteroatoms. The van der Waals surface area contributed by atoms with Gasteiger partial charge in [0, 0.05) is 24.1 Å². The molecular formula is C10H16N2O2S3. The Kier molecular flexibility index (Phi) is 4.40. The molecule has 96 valence electrons. The molecular weight excluding hydrogens is 276 g/mol. The number of hydrogen-bond acceptors (Lipinski definition) is 5. The third-order valence-electron chi connectivity index (χ3n) is 2.84. The van der Waals surface area contributed by atoms with E-state index in [4.69, 9.17) is 5.14 Å². The van der Waals surface area contributed by atoms with E-state index >= 15 is 0 Å². The van der Waals surface area contributed by atoms with E-state index in [1.165, 1.54) is 11.3 Å². The molecule has 0 saturated carbocycles. The van der Waals surface area contributed by atoms with Crippen LogP contribution in [0.2, 0.25) is 0 Å². The van der Waals surface area contributed by atoms with Crippen LogP contribution in [0.3, 0.4) is 0 Å². The lowest BCUT2D eigenvalue weighted by Gasteiger charge is -2.28. The van der Waals surface area contributed by atoms with E-state index in [0.29, 0.717) is 4.21 Å². The molecule has 0 aromatic carbocycles. The van der Waals surface area contributed by atoms with Gasteiger partial charge < -0.3 is 14.4 Å². The molecule has 0 saturated heterocycles. The lowest BCUT2D eigenvalue weighted by atomic mass is 10.1. The van der Waals surface area contributed by atoms with E-state index in [1.54, 1.807) is 0 Å². The van der Waals surface area contributed by atoms with Crippen LogP contribution in [0.5, 0.6) is 0 Å². The average Bonchev–Trinajstić information content (AvgIpc) is 2.71. The van der Waals surface area contributed by atoms with Crippen molar-refractivity contribution >= 4 is 33.9 Å². The van der Waals surface area contributed by atoms with Crippen molar-refractivity contribution in [2.24, 2.45) is 5.14 Å². The van der Waals surface area contributed by atoms with Gasteiger partial charge in [0.05, 0.1) is 11.4 Å². The van der Waals surface area contributed by atoms with Gasteiger partial charge in [0.25, 0.3) is 0 Å². The Hall–Kier alpha value is 0.240. The number of nitrogens with two attached hydrogens (primary N) is 1. The van der Waals surface area contributed by atoms with Crippen molar-refractivity contribution in [3.05, 3.63) is 11.6 Å². The van der Waals surface area contributed by atoms with E-state index in [0.717, 1.165) is 22.7 Å². The van der Waals surface area contributed by atoms with Gasteiger partial charge >= 0.3 is 0 Å². The van der Waals surface area contributed by atoms with Crippen LogP contribution in [0.15, 0.2) is 14.5 Å². The molecule has 1 aliphatic heterocycles. The van der Waals surface area contributed by atoms with Gasteiger partial charge in [-0.05, 0) is 36.0 Å². The van der Waals surface area contributed by atoms with Crippen molar-refractivity contribution in [2.75, 3.05) is 6.54 Å². The number of thiophene rings is 1.